The van der Waals surface area contributed by atoms with Crippen molar-refractivity contribution in [1.29, 1.82) is 0 Å². The van der Waals surface area contributed by atoms with Crippen LogP contribution in [-0.2, 0) is 18.9 Å². The van der Waals surface area contributed by atoms with E-state index < -0.39 is 11.4 Å². The fourth-order valence-electron chi connectivity index (χ4n) is 4.33. The minimum Gasteiger partial charge on any atom is -0.444 e. The van der Waals surface area contributed by atoms with Gasteiger partial charge in [-0.3, -0.25) is 0 Å². The van der Waals surface area contributed by atoms with E-state index in [1.54, 1.807) is 0 Å². The number of hydrogen-bond donors (Lipinski definition) is 1. The van der Waals surface area contributed by atoms with Crippen LogP contribution in [0.25, 0.3) is 0 Å². The monoisotopic (exact) mass is 384 g/mol. The van der Waals surface area contributed by atoms with Crippen LogP contribution in [0.15, 0.2) is 0 Å². The summed E-state index contributed by atoms with van der Waals surface area (Å²) in [5.41, 5.74) is -0.465. The average Bonchev–Trinajstić information content (AvgIpc) is 2.99. The second kappa shape index (κ2) is 7.85. The number of nitrogens with zero attached hydrogens (tertiary/aromatic N) is 1. The first-order valence-electron chi connectivity index (χ1n) is 10.2. The summed E-state index contributed by atoms with van der Waals surface area (Å²) in [4.78, 5) is 14.3. The molecule has 1 unspecified atom stereocenters. The molecule has 7 nitrogen and oxygen atoms in total. The third-order valence-electron chi connectivity index (χ3n) is 5.36. The second-order valence-corrected chi connectivity index (χ2v) is 9.60. The quantitative estimate of drug-likeness (QED) is 0.803. The van der Waals surface area contributed by atoms with E-state index in [0.29, 0.717) is 12.5 Å². The van der Waals surface area contributed by atoms with Gasteiger partial charge in [0.15, 0.2) is 5.79 Å². The summed E-state index contributed by atoms with van der Waals surface area (Å²) >= 11 is 0. The van der Waals surface area contributed by atoms with E-state index in [1.807, 2.05) is 34.6 Å². The minimum absolute atomic E-state index is 0.00438. The summed E-state index contributed by atoms with van der Waals surface area (Å²) in [5.74, 6) is -0.106. The van der Waals surface area contributed by atoms with Gasteiger partial charge >= 0.3 is 6.09 Å². The molecule has 3 aliphatic heterocycles. The van der Waals surface area contributed by atoms with Gasteiger partial charge in [-0.2, -0.15) is 0 Å². The van der Waals surface area contributed by atoms with Gasteiger partial charge in [0.1, 0.15) is 17.8 Å². The highest BCUT2D eigenvalue weighted by atomic mass is 16.8. The zero-order chi connectivity index (χ0) is 19.8. The number of ether oxygens (including phenoxy) is 4. The van der Waals surface area contributed by atoms with Crippen LogP contribution < -0.4 is 5.32 Å². The highest BCUT2D eigenvalue weighted by Gasteiger charge is 2.53. The van der Waals surface area contributed by atoms with Crippen molar-refractivity contribution in [2.45, 2.75) is 90.2 Å². The number of fused-ring (bicyclic) bond motifs is 1. The van der Waals surface area contributed by atoms with E-state index in [-0.39, 0.29) is 30.5 Å². The third kappa shape index (κ3) is 5.56. The molecular weight excluding hydrogens is 348 g/mol. The lowest BCUT2D eigenvalue weighted by atomic mass is 9.97. The SMILES string of the molecule is C[C@@H]1O[C@H](CN2CCCC(CNC(=O)OC(C)(C)C)C2)[C@H]2OC(C)(C)O[C@H]21. The van der Waals surface area contributed by atoms with Crippen LogP contribution >= 0.6 is 0 Å². The molecule has 3 aliphatic rings. The Hall–Kier alpha value is -0.890. The van der Waals surface area contributed by atoms with Crippen LogP contribution in [0.1, 0.15) is 54.4 Å². The highest BCUT2D eigenvalue weighted by Crippen LogP contribution is 2.39. The number of amides is 1. The fraction of sp³-hybridized carbons (Fsp3) is 0.950. The summed E-state index contributed by atoms with van der Waals surface area (Å²) in [6.07, 6.45) is 2.00. The van der Waals surface area contributed by atoms with Crippen molar-refractivity contribution in [2.75, 3.05) is 26.2 Å². The Morgan fingerprint density at radius 2 is 1.96 bits per heavy atom. The summed E-state index contributed by atoms with van der Waals surface area (Å²) in [6, 6.07) is 0. The maximum absolute atomic E-state index is 11.9. The zero-order valence-corrected chi connectivity index (χ0v) is 17.6. The smallest absolute Gasteiger partial charge is 0.407 e. The maximum atomic E-state index is 11.9. The van der Waals surface area contributed by atoms with Gasteiger partial charge in [-0.1, -0.05) is 0 Å². The molecule has 0 saturated carbocycles. The predicted octanol–water partition coefficient (Wildman–Crippen LogP) is 2.53. The first-order valence-corrected chi connectivity index (χ1v) is 10.2. The van der Waals surface area contributed by atoms with Crippen molar-refractivity contribution >= 4 is 6.09 Å². The Kier molecular flexibility index (Phi) is 6.06. The minimum atomic E-state index is -0.534. The van der Waals surface area contributed by atoms with E-state index in [0.717, 1.165) is 32.5 Å². The highest BCUT2D eigenvalue weighted by molar-refractivity contribution is 5.67. The number of alkyl carbamates (subject to hydrolysis) is 1. The van der Waals surface area contributed by atoms with Crippen molar-refractivity contribution in [1.82, 2.24) is 10.2 Å². The molecular formula is C20H36N2O5. The van der Waals surface area contributed by atoms with Gasteiger partial charge in [0.05, 0.1) is 12.2 Å². The Labute approximate surface area is 163 Å². The number of nitrogens with one attached hydrogen (secondary N) is 1. The molecule has 3 saturated heterocycles. The van der Waals surface area contributed by atoms with Gasteiger partial charge in [0, 0.05) is 19.6 Å². The molecule has 0 aromatic heterocycles. The number of rotatable bonds is 4. The molecule has 1 amide bonds. The second-order valence-electron chi connectivity index (χ2n) is 9.60. The fourth-order valence-corrected chi connectivity index (χ4v) is 4.33. The molecule has 5 atom stereocenters. The first-order chi connectivity index (χ1) is 12.5. The number of carbonyl (C=O) groups is 1. The Morgan fingerprint density at radius 1 is 1.26 bits per heavy atom. The molecule has 0 aromatic rings. The summed E-state index contributed by atoms with van der Waals surface area (Å²) in [6.45, 7) is 15.1. The molecule has 3 rings (SSSR count). The van der Waals surface area contributed by atoms with E-state index >= 15 is 0 Å². The van der Waals surface area contributed by atoms with Gasteiger partial charge in [-0.15, -0.1) is 0 Å². The summed E-state index contributed by atoms with van der Waals surface area (Å²) < 4.78 is 23.6. The van der Waals surface area contributed by atoms with E-state index in [2.05, 4.69) is 17.1 Å². The molecule has 27 heavy (non-hydrogen) atoms. The molecule has 7 heteroatoms. The number of hydrogen-bond acceptors (Lipinski definition) is 6. The number of carbonyl (C=O) groups excluding carboxylic acids is 1. The zero-order valence-electron chi connectivity index (χ0n) is 17.6. The normalized spacial score (nSPS) is 36.4. The molecule has 0 radical (unpaired) electrons. The Morgan fingerprint density at radius 3 is 2.67 bits per heavy atom. The van der Waals surface area contributed by atoms with Crippen molar-refractivity contribution < 1.29 is 23.7 Å². The first kappa shape index (κ1) is 20.8. The van der Waals surface area contributed by atoms with Crippen LogP contribution in [0, 0.1) is 5.92 Å². The van der Waals surface area contributed by atoms with Crippen LogP contribution in [0.4, 0.5) is 4.79 Å². The lowest BCUT2D eigenvalue weighted by molar-refractivity contribution is -0.186. The van der Waals surface area contributed by atoms with E-state index in [1.165, 1.54) is 0 Å². The van der Waals surface area contributed by atoms with Crippen molar-refractivity contribution in [3.8, 4) is 0 Å². The van der Waals surface area contributed by atoms with Gasteiger partial charge in [0.2, 0.25) is 0 Å². The summed E-state index contributed by atoms with van der Waals surface area (Å²) in [7, 11) is 0. The lowest BCUT2D eigenvalue weighted by Crippen LogP contribution is -2.46. The van der Waals surface area contributed by atoms with Crippen LogP contribution in [0.2, 0.25) is 0 Å². The standard InChI is InChI=1S/C20H36N2O5/c1-13-16-17(26-20(5,6)25-16)15(24-13)12-22-9-7-8-14(11-22)10-21-18(23)27-19(2,3)4/h13-17H,7-12H2,1-6H3,(H,21,23)/t13-,14?,15+,16-,17+/m0/s1. The molecule has 0 aromatic carbocycles. The van der Waals surface area contributed by atoms with Crippen molar-refractivity contribution in [3.05, 3.63) is 0 Å². The average molecular weight is 385 g/mol. The molecule has 0 bridgehead atoms. The van der Waals surface area contributed by atoms with Crippen LogP contribution in [0.3, 0.4) is 0 Å². The Balaban J connectivity index is 1.47. The largest absolute Gasteiger partial charge is 0.444 e. The van der Waals surface area contributed by atoms with E-state index in [4.69, 9.17) is 18.9 Å². The molecule has 3 fully saturated rings. The summed E-state index contributed by atoms with van der Waals surface area (Å²) in [5, 5.41) is 2.91. The van der Waals surface area contributed by atoms with E-state index in [9.17, 15) is 4.79 Å². The van der Waals surface area contributed by atoms with Gasteiger partial charge in [0.25, 0.3) is 0 Å². The third-order valence-corrected chi connectivity index (χ3v) is 5.36. The molecule has 156 valence electrons. The number of likely N-dealkylation sites (tertiary alicyclic amines) is 1. The Bertz CT molecular complexity index is 533. The molecule has 1 N–H and O–H groups in total. The van der Waals surface area contributed by atoms with Gasteiger partial charge in [-0.25, -0.2) is 4.79 Å². The van der Waals surface area contributed by atoms with Crippen molar-refractivity contribution in [3.63, 3.8) is 0 Å². The van der Waals surface area contributed by atoms with Gasteiger partial charge < -0.3 is 29.2 Å². The maximum Gasteiger partial charge on any atom is 0.407 e. The molecule has 0 aliphatic carbocycles. The van der Waals surface area contributed by atoms with Gasteiger partial charge in [-0.05, 0) is 66.8 Å². The molecule has 3 heterocycles. The number of piperidine rings is 1. The molecule has 0 spiro atoms. The van der Waals surface area contributed by atoms with Crippen LogP contribution in [0.5, 0.6) is 0 Å². The van der Waals surface area contributed by atoms with Crippen LogP contribution in [-0.4, -0.2) is 73.0 Å². The predicted molar refractivity (Wildman–Crippen MR) is 102 cm³/mol. The van der Waals surface area contributed by atoms with Crippen molar-refractivity contribution in [2.24, 2.45) is 5.92 Å². The topological polar surface area (TPSA) is 69.3 Å². The lowest BCUT2D eigenvalue weighted by Gasteiger charge is -2.35.